The lowest BCUT2D eigenvalue weighted by Crippen LogP contribution is -2.44. The van der Waals surface area contributed by atoms with Crippen molar-refractivity contribution >= 4 is 15.7 Å². The zero-order valence-electron chi connectivity index (χ0n) is 11.3. The van der Waals surface area contributed by atoms with Crippen molar-refractivity contribution in [2.45, 2.75) is 30.2 Å². The molecule has 0 saturated heterocycles. The van der Waals surface area contributed by atoms with Gasteiger partial charge in [0.1, 0.15) is 11.0 Å². The second-order valence-electron chi connectivity index (χ2n) is 4.95. The maximum absolute atomic E-state index is 12.9. The van der Waals surface area contributed by atoms with Gasteiger partial charge in [0.15, 0.2) is 0 Å². The standard InChI is InChI=1S/C15H14N2O3S/c16-11-14-15(9-10-20-14)21(18,19)17(13-7-4-8-13)12-5-2-1-3-6-12/h1-3,5-6,9-10,13H,4,7-8H2. The van der Waals surface area contributed by atoms with Crippen LogP contribution in [0.4, 0.5) is 5.69 Å². The second-order valence-corrected chi connectivity index (χ2v) is 6.73. The first-order valence-corrected chi connectivity index (χ1v) is 8.15. The molecule has 1 aromatic carbocycles. The zero-order chi connectivity index (χ0) is 14.9. The number of furan rings is 1. The van der Waals surface area contributed by atoms with E-state index in [9.17, 15) is 8.42 Å². The summed E-state index contributed by atoms with van der Waals surface area (Å²) in [6, 6.07) is 12.0. The summed E-state index contributed by atoms with van der Waals surface area (Å²) in [4.78, 5) is -0.0687. The van der Waals surface area contributed by atoms with Gasteiger partial charge in [-0.1, -0.05) is 18.2 Å². The highest BCUT2D eigenvalue weighted by Gasteiger charge is 2.37. The van der Waals surface area contributed by atoms with Gasteiger partial charge >= 0.3 is 0 Å². The monoisotopic (exact) mass is 302 g/mol. The smallest absolute Gasteiger partial charge is 0.269 e. The average molecular weight is 302 g/mol. The predicted octanol–water partition coefficient (Wildman–Crippen LogP) is 2.90. The Bertz CT molecular complexity index is 771. The van der Waals surface area contributed by atoms with Crippen molar-refractivity contribution in [1.82, 2.24) is 0 Å². The summed E-state index contributed by atoms with van der Waals surface area (Å²) in [5.74, 6) is -0.171. The van der Waals surface area contributed by atoms with Crippen molar-refractivity contribution in [2.24, 2.45) is 0 Å². The lowest BCUT2D eigenvalue weighted by molar-refractivity contribution is 0.414. The maximum atomic E-state index is 12.9. The van der Waals surface area contributed by atoms with Crippen LogP contribution in [0, 0.1) is 11.3 Å². The molecule has 1 aromatic heterocycles. The Balaban J connectivity index is 2.10. The molecule has 0 aliphatic heterocycles. The summed E-state index contributed by atoms with van der Waals surface area (Å²) in [5, 5.41) is 9.01. The average Bonchev–Trinajstić information content (AvgIpc) is 2.92. The summed E-state index contributed by atoms with van der Waals surface area (Å²) in [7, 11) is -3.80. The fourth-order valence-corrected chi connectivity index (χ4v) is 4.20. The van der Waals surface area contributed by atoms with Crippen LogP contribution >= 0.6 is 0 Å². The van der Waals surface area contributed by atoms with E-state index < -0.39 is 10.0 Å². The van der Waals surface area contributed by atoms with E-state index in [1.165, 1.54) is 16.6 Å². The first kappa shape index (κ1) is 13.7. The number of nitriles is 1. The fourth-order valence-electron chi connectivity index (χ4n) is 2.43. The lowest BCUT2D eigenvalue weighted by Gasteiger charge is -2.37. The molecule has 1 heterocycles. The summed E-state index contributed by atoms with van der Waals surface area (Å²) >= 11 is 0. The van der Waals surface area contributed by atoms with Gasteiger partial charge in [0.05, 0.1) is 12.0 Å². The third-order valence-corrected chi connectivity index (χ3v) is 5.59. The van der Waals surface area contributed by atoms with Crippen molar-refractivity contribution in [3.05, 3.63) is 48.4 Å². The van der Waals surface area contributed by atoms with E-state index in [-0.39, 0.29) is 16.7 Å². The lowest BCUT2D eigenvalue weighted by atomic mass is 9.93. The molecule has 3 rings (SSSR count). The molecule has 0 amide bonds. The molecule has 1 aliphatic rings. The molecular formula is C15H14N2O3S. The van der Waals surface area contributed by atoms with Crippen LogP contribution in [0.5, 0.6) is 0 Å². The molecule has 6 heteroatoms. The number of anilines is 1. The normalized spacial score (nSPS) is 15.2. The molecule has 0 unspecified atom stereocenters. The number of hydrogen-bond donors (Lipinski definition) is 0. The van der Waals surface area contributed by atoms with Crippen molar-refractivity contribution in [2.75, 3.05) is 4.31 Å². The van der Waals surface area contributed by atoms with E-state index in [1.54, 1.807) is 30.3 Å². The van der Waals surface area contributed by atoms with Crippen LogP contribution in [0.25, 0.3) is 0 Å². The second kappa shape index (κ2) is 5.26. The first-order valence-electron chi connectivity index (χ1n) is 6.71. The molecular weight excluding hydrogens is 288 g/mol. The first-order chi connectivity index (χ1) is 10.1. The predicted molar refractivity (Wildman–Crippen MR) is 77.2 cm³/mol. The van der Waals surface area contributed by atoms with Crippen LogP contribution in [-0.4, -0.2) is 14.5 Å². The topological polar surface area (TPSA) is 74.3 Å². The van der Waals surface area contributed by atoms with E-state index in [0.29, 0.717) is 5.69 Å². The largest absolute Gasteiger partial charge is 0.452 e. The number of sulfonamides is 1. The molecule has 0 N–H and O–H groups in total. The van der Waals surface area contributed by atoms with Gasteiger partial charge in [-0.3, -0.25) is 4.31 Å². The molecule has 2 aromatic rings. The third-order valence-electron chi connectivity index (χ3n) is 3.68. The minimum Gasteiger partial charge on any atom is -0.452 e. The van der Waals surface area contributed by atoms with Crippen LogP contribution in [0.15, 0.2) is 52.0 Å². The molecule has 0 bridgehead atoms. The number of nitrogens with zero attached hydrogens (tertiary/aromatic N) is 2. The summed E-state index contributed by atoms with van der Waals surface area (Å²) < 4.78 is 32.2. The molecule has 1 fully saturated rings. The number of hydrogen-bond acceptors (Lipinski definition) is 4. The van der Waals surface area contributed by atoms with Gasteiger partial charge < -0.3 is 4.42 Å². The minimum atomic E-state index is -3.80. The van der Waals surface area contributed by atoms with E-state index in [2.05, 4.69) is 0 Å². The van der Waals surface area contributed by atoms with E-state index in [0.717, 1.165) is 19.3 Å². The summed E-state index contributed by atoms with van der Waals surface area (Å²) in [6.45, 7) is 0. The van der Waals surface area contributed by atoms with Gasteiger partial charge in [-0.25, -0.2) is 8.42 Å². The maximum Gasteiger partial charge on any atom is 0.269 e. The van der Waals surface area contributed by atoms with E-state index >= 15 is 0 Å². The van der Waals surface area contributed by atoms with Gasteiger partial charge in [-0.05, 0) is 37.5 Å². The van der Waals surface area contributed by atoms with Crippen molar-refractivity contribution in [3.63, 3.8) is 0 Å². The van der Waals surface area contributed by atoms with Crippen LogP contribution in [0.2, 0.25) is 0 Å². The molecule has 0 atom stereocenters. The molecule has 0 radical (unpaired) electrons. The molecule has 1 aliphatic carbocycles. The van der Waals surface area contributed by atoms with Crippen LogP contribution in [0.1, 0.15) is 25.0 Å². The highest BCUT2D eigenvalue weighted by atomic mass is 32.2. The number of benzene rings is 1. The van der Waals surface area contributed by atoms with Gasteiger partial charge in [-0.2, -0.15) is 5.26 Å². The van der Waals surface area contributed by atoms with Gasteiger partial charge in [0, 0.05) is 6.04 Å². The highest BCUT2D eigenvalue weighted by Crippen LogP contribution is 2.35. The van der Waals surface area contributed by atoms with E-state index in [1.807, 2.05) is 6.07 Å². The van der Waals surface area contributed by atoms with Gasteiger partial charge in [0.2, 0.25) is 5.76 Å². The Morgan fingerprint density at radius 2 is 1.90 bits per heavy atom. The van der Waals surface area contributed by atoms with Crippen molar-refractivity contribution in [1.29, 1.82) is 5.26 Å². The van der Waals surface area contributed by atoms with Gasteiger partial charge in [-0.15, -0.1) is 0 Å². The van der Waals surface area contributed by atoms with E-state index in [4.69, 9.17) is 9.68 Å². The number of rotatable bonds is 4. The Kier molecular flexibility index (Phi) is 3.43. The molecule has 5 nitrogen and oxygen atoms in total. The molecule has 0 spiro atoms. The van der Waals surface area contributed by atoms with Crippen LogP contribution in [-0.2, 0) is 10.0 Å². The fraction of sp³-hybridized carbons (Fsp3) is 0.267. The number of para-hydroxylation sites is 1. The minimum absolute atomic E-state index is 0.0566. The molecule has 108 valence electrons. The quantitative estimate of drug-likeness (QED) is 0.870. The summed E-state index contributed by atoms with van der Waals surface area (Å²) in [6.07, 6.45) is 3.90. The molecule has 21 heavy (non-hydrogen) atoms. The summed E-state index contributed by atoms with van der Waals surface area (Å²) in [5.41, 5.74) is 0.618. The Morgan fingerprint density at radius 3 is 2.48 bits per heavy atom. The van der Waals surface area contributed by atoms with Crippen molar-refractivity contribution < 1.29 is 12.8 Å². The SMILES string of the molecule is N#Cc1occc1S(=O)(=O)N(c1ccccc1)C1CCC1. The highest BCUT2D eigenvalue weighted by molar-refractivity contribution is 7.93. The zero-order valence-corrected chi connectivity index (χ0v) is 12.1. The Hall–Kier alpha value is -2.26. The van der Waals surface area contributed by atoms with Crippen molar-refractivity contribution in [3.8, 4) is 6.07 Å². The Labute approximate surface area is 123 Å². The van der Waals surface area contributed by atoms with Crippen LogP contribution < -0.4 is 4.31 Å². The van der Waals surface area contributed by atoms with Gasteiger partial charge in [0.25, 0.3) is 10.0 Å². The van der Waals surface area contributed by atoms with Crippen LogP contribution in [0.3, 0.4) is 0 Å². The Morgan fingerprint density at radius 1 is 1.19 bits per heavy atom. The molecule has 1 saturated carbocycles. The third kappa shape index (κ3) is 2.30.